The number of carbonyl (C=O) groups is 1. The number of hydrogen-bond acceptors (Lipinski definition) is 4. The fourth-order valence-corrected chi connectivity index (χ4v) is 2.84. The molecule has 0 atom stereocenters. The zero-order valence-corrected chi connectivity index (χ0v) is 14.5. The minimum absolute atomic E-state index is 0.0902. The predicted molar refractivity (Wildman–Crippen MR) is 98.4 cm³/mol. The van der Waals surface area contributed by atoms with Crippen molar-refractivity contribution < 1.29 is 4.79 Å². The minimum Gasteiger partial charge on any atom is -0.317 e. The lowest BCUT2D eigenvalue weighted by Gasteiger charge is -2.23. The highest BCUT2D eigenvalue weighted by Gasteiger charge is 2.32. The number of urea groups is 1. The average Bonchev–Trinajstić information content (AvgIpc) is 3.41. The molecule has 2 N–H and O–H groups in total. The van der Waals surface area contributed by atoms with Crippen molar-refractivity contribution in [2.75, 3.05) is 5.32 Å². The Morgan fingerprint density at radius 2 is 2.08 bits per heavy atom. The van der Waals surface area contributed by atoms with Crippen molar-refractivity contribution in [1.82, 2.24) is 25.1 Å². The molecule has 2 amide bonds. The van der Waals surface area contributed by atoms with Gasteiger partial charge in [0.2, 0.25) is 0 Å². The number of aromatic nitrogens is 4. The predicted octanol–water partition coefficient (Wildman–Crippen LogP) is 3.37. The maximum absolute atomic E-state index is 12.8. The van der Waals surface area contributed by atoms with Gasteiger partial charge in [0, 0.05) is 36.2 Å². The first-order valence-electron chi connectivity index (χ1n) is 8.65. The van der Waals surface area contributed by atoms with E-state index in [0.717, 1.165) is 35.5 Å². The normalized spacial score (nSPS) is 13.4. The number of aromatic amines is 1. The quantitative estimate of drug-likeness (QED) is 0.740. The van der Waals surface area contributed by atoms with Crippen LogP contribution in [-0.2, 0) is 6.54 Å². The Morgan fingerprint density at radius 1 is 1.27 bits per heavy atom. The number of benzene rings is 1. The molecule has 2 aromatic heterocycles. The van der Waals surface area contributed by atoms with Crippen LogP contribution < -0.4 is 5.32 Å². The van der Waals surface area contributed by atoms with Crippen molar-refractivity contribution in [3.8, 4) is 11.4 Å². The van der Waals surface area contributed by atoms with Crippen molar-refractivity contribution in [2.24, 2.45) is 0 Å². The van der Waals surface area contributed by atoms with Gasteiger partial charge in [-0.1, -0.05) is 12.1 Å². The molecule has 0 bridgehead atoms. The first kappa shape index (κ1) is 16.3. The standard InChI is InChI=1S/C19H20N6O/c1-13-21-18(24-23-13)15-3-2-4-16(11-15)22-19(26)25(17-5-6-17)12-14-7-9-20-10-8-14/h2-4,7-11,17H,5-6,12H2,1H3,(H,22,26)(H,21,23,24). The number of aryl methyl sites for hydroxylation is 1. The van der Waals surface area contributed by atoms with Gasteiger partial charge in [-0.2, -0.15) is 5.10 Å². The van der Waals surface area contributed by atoms with E-state index >= 15 is 0 Å². The number of carbonyl (C=O) groups excluding carboxylic acids is 1. The molecular weight excluding hydrogens is 328 g/mol. The summed E-state index contributed by atoms with van der Waals surface area (Å²) in [5.74, 6) is 1.38. The summed E-state index contributed by atoms with van der Waals surface area (Å²) < 4.78 is 0. The fraction of sp³-hybridized carbons (Fsp3) is 0.263. The molecule has 4 rings (SSSR count). The van der Waals surface area contributed by atoms with Gasteiger partial charge in [-0.15, -0.1) is 0 Å². The van der Waals surface area contributed by atoms with Crippen molar-refractivity contribution in [3.63, 3.8) is 0 Å². The highest BCUT2D eigenvalue weighted by atomic mass is 16.2. The molecule has 1 aliphatic rings. The van der Waals surface area contributed by atoms with Crippen LogP contribution in [0, 0.1) is 6.92 Å². The monoisotopic (exact) mass is 348 g/mol. The third-order valence-electron chi connectivity index (χ3n) is 4.32. The summed E-state index contributed by atoms with van der Waals surface area (Å²) >= 11 is 0. The molecule has 7 nitrogen and oxygen atoms in total. The van der Waals surface area contributed by atoms with E-state index < -0.39 is 0 Å². The fourth-order valence-electron chi connectivity index (χ4n) is 2.84. The Balaban J connectivity index is 1.49. The SMILES string of the molecule is Cc1nc(-c2cccc(NC(=O)N(Cc3ccncc3)C3CC3)c2)n[nH]1. The zero-order chi connectivity index (χ0) is 17.9. The van der Waals surface area contributed by atoms with E-state index in [9.17, 15) is 4.79 Å². The van der Waals surface area contributed by atoms with Crippen LogP contribution in [-0.4, -0.2) is 37.1 Å². The summed E-state index contributed by atoms with van der Waals surface area (Å²) in [5, 5.41) is 10.0. The second kappa shape index (κ2) is 6.95. The van der Waals surface area contributed by atoms with Gasteiger partial charge in [0.25, 0.3) is 0 Å². The van der Waals surface area contributed by atoms with E-state index in [1.807, 2.05) is 48.2 Å². The van der Waals surface area contributed by atoms with E-state index in [4.69, 9.17) is 0 Å². The second-order valence-corrected chi connectivity index (χ2v) is 6.47. The first-order valence-corrected chi connectivity index (χ1v) is 8.65. The number of amides is 2. The molecule has 1 fully saturated rings. The lowest BCUT2D eigenvalue weighted by Crippen LogP contribution is -2.36. The van der Waals surface area contributed by atoms with Gasteiger partial charge >= 0.3 is 6.03 Å². The van der Waals surface area contributed by atoms with Crippen molar-refractivity contribution in [1.29, 1.82) is 0 Å². The first-order chi connectivity index (χ1) is 12.7. The molecule has 0 saturated heterocycles. The number of nitrogens with zero attached hydrogens (tertiary/aromatic N) is 4. The van der Waals surface area contributed by atoms with E-state index in [2.05, 4.69) is 25.5 Å². The maximum Gasteiger partial charge on any atom is 0.322 e. The summed E-state index contributed by atoms with van der Waals surface area (Å²) in [6, 6.07) is 11.7. The smallest absolute Gasteiger partial charge is 0.317 e. The number of hydrogen-bond donors (Lipinski definition) is 2. The highest BCUT2D eigenvalue weighted by molar-refractivity contribution is 5.90. The Hall–Kier alpha value is -3.22. The molecule has 26 heavy (non-hydrogen) atoms. The van der Waals surface area contributed by atoms with Crippen LogP contribution in [0.1, 0.15) is 24.2 Å². The van der Waals surface area contributed by atoms with Crippen LogP contribution in [0.25, 0.3) is 11.4 Å². The molecule has 1 saturated carbocycles. The summed E-state index contributed by atoms with van der Waals surface area (Å²) in [6.45, 7) is 2.44. The number of pyridine rings is 1. The molecule has 7 heteroatoms. The van der Waals surface area contributed by atoms with Crippen LogP contribution >= 0.6 is 0 Å². The number of rotatable bonds is 5. The number of H-pyrrole nitrogens is 1. The van der Waals surface area contributed by atoms with E-state index in [1.165, 1.54) is 0 Å². The third kappa shape index (κ3) is 3.72. The van der Waals surface area contributed by atoms with Crippen LogP contribution in [0.15, 0.2) is 48.8 Å². The van der Waals surface area contributed by atoms with Gasteiger partial charge in [0.1, 0.15) is 5.82 Å². The minimum atomic E-state index is -0.0902. The lowest BCUT2D eigenvalue weighted by atomic mass is 10.2. The Kier molecular flexibility index (Phi) is 4.35. The van der Waals surface area contributed by atoms with Gasteiger partial charge in [-0.25, -0.2) is 9.78 Å². The Labute approximate surface area is 151 Å². The second-order valence-electron chi connectivity index (χ2n) is 6.47. The number of anilines is 1. The summed E-state index contributed by atoms with van der Waals surface area (Å²) in [6.07, 6.45) is 5.60. The van der Waals surface area contributed by atoms with Gasteiger partial charge in [0.05, 0.1) is 0 Å². The molecule has 132 valence electrons. The molecule has 1 aliphatic carbocycles. The molecule has 1 aromatic carbocycles. The average molecular weight is 348 g/mol. The van der Waals surface area contributed by atoms with Crippen LogP contribution in [0.2, 0.25) is 0 Å². The third-order valence-corrected chi connectivity index (χ3v) is 4.32. The van der Waals surface area contributed by atoms with Gasteiger partial charge in [-0.05, 0) is 49.6 Å². The van der Waals surface area contributed by atoms with E-state index in [1.54, 1.807) is 12.4 Å². The molecule has 0 radical (unpaired) electrons. The van der Waals surface area contributed by atoms with Crippen molar-refractivity contribution in [2.45, 2.75) is 32.4 Å². The zero-order valence-electron chi connectivity index (χ0n) is 14.5. The van der Waals surface area contributed by atoms with Crippen molar-refractivity contribution in [3.05, 3.63) is 60.2 Å². The van der Waals surface area contributed by atoms with Crippen LogP contribution in [0.4, 0.5) is 10.5 Å². The summed E-state index contributed by atoms with van der Waals surface area (Å²) in [5.41, 5.74) is 2.67. The van der Waals surface area contributed by atoms with Gasteiger partial charge < -0.3 is 10.2 Å². The molecule has 0 spiro atoms. The molecule has 2 heterocycles. The summed E-state index contributed by atoms with van der Waals surface area (Å²) in [7, 11) is 0. The van der Waals surface area contributed by atoms with Crippen molar-refractivity contribution >= 4 is 11.7 Å². The van der Waals surface area contributed by atoms with E-state index in [0.29, 0.717) is 18.4 Å². The topological polar surface area (TPSA) is 86.8 Å². The highest BCUT2D eigenvalue weighted by Crippen LogP contribution is 2.29. The lowest BCUT2D eigenvalue weighted by molar-refractivity contribution is 0.206. The van der Waals surface area contributed by atoms with Gasteiger partial charge in [-0.3, -0.25) is 10.1 Å². The molecular formula is C19H20N6O. The number of nitrogens with one attached hydrogen (secondary N) is 2. The van der Waals surface area contributed by atoms with Gasteiger partial charge in [0.15, 0.2) is 5.82 Å². The van der Waals surface area contributed by atoms with Crippen LogP contribution in [0.5, 0.6) is 0 Å². The Morgan fingerprint density at radius 3 is 2.77 bits per heavy atom. The largest absolute Gasteiger partial charge is 0.322 e. The molecule has 0 aliphatic heterocycles. The Bertz CT molecular complexity index is 903. The van der Waals surface area contributed by atoms with Crippen LogP contribution in [0.3, 0.4) is 0 Å². The molecule has 3 aromatic rings. The maximum atomic E-state index is 12.8. The summed E-state index contributed by atoms with van der Waals surface area (Å²) in [4.78, 5) is 23.1. The molecule has 0 unspecified atom stereocenters. The van der Waals surface area contributed by atoms with E-state index in [-0.39, 0.29) is 6.03 Å².